The molecule has 1 amide bonds. The van der Waals surface area contributed by atoms with E-state index in [1.54, 1.807) is 18.3 Å². The van der Waals surface area contributed by atoms with Gasteiger partial charge in [-0.3, -0.25) is 0 Å². The number of ether oxygens (including phenoxy) is 1. The number of nitrogens with zero attached hydrogens (tertiary/aromatic N) is 2. The van der Waals surface area contributed by atoms with E-state index < -0.39 is 11.2 Å². The molecule has 2 heterocycles. The summed E-state index contributed by atoms with van der Waals surface area (Å²) in [6, 6.07) is 1.93. The summed E-state index contributed by atoms with van der Waals surface area (Å²) in [6.07, 6.45) is 2.85. The smallest absolute Gasteiger partial charge is 0.410 e. The van der Waals surface area contributed by atoms with Crippen molar-refractivity contribution in [2.24, 2.45) is 10.9 Å². The van der Waals surface area contributed by atoms with Crippen molar-refractivity contribution in [3.05, 3.63) is 22.4 Å². The average Bonchev–Trinajstić information content (AvgIpc) is 3.21. The highest BCUT2D eigenvalue weighted by molar-refractivity contribution is 7.08. The van der Waals surface area contributed by atoms with Crippen LogP contribution in [-0.4, -0.2) is 60.4 Å². The fraction of sp³-hybridized carbons (Fsp3) is 0.727. The van der Waals surface area contributed by atoms with Crippen molar-refractivity contribution >= 4 is 23.4 Å². The maximum atomic E-state index is 12.3. The Balaban J connectivity index is 1.82. The Bertz CT molecular complexity index is 683. The van der Waals surface area contributed by atoms with Crippen molar-refractivity contribution in [2.45, 2.75) is 65.1 Å². The Morgan fingerprint density at radius 3 is 2.77 bits per heavy atom. The van der Waals surface area contributed by atoms with Crippen molar-refractivity contribution < 1.29 is 14.6 Å². The second kappa shape index (κ2) is 11.0. The number of guanidine groups is 1. The molecule has 0 aliphatic carbocycles. The number of thiophene rings is 1. The van der Waals surface area contributed by atoms with Gasteiger partial charge in [0.15, 0.2) is 5.96 Å². The first-order valence-corrected chi connectivity index (χ1v) is 11.8. The average molecular weight is 439 g/mol. The van der Waals surface area contributed by atoms with Gasteiger partial charge in [0.25, 0.3) is 0 Å². The molecule has 0 saturated carbocycles. The number of amides is 1. The number of aliphatic imine (C=N–C) groups is 1. The van der Waals surface area contributed by atoms with Gasteiger partial charge in [-0.05, 0) is 82.2 Å². The number of hydrogen-bond acceptors (Lipinski definition) is 5. The summed E-state index contributed by atoms with van der Waals surface area (Å²) in [5.41, 5.74) is -0.566. The van der Waals surface area contributed by atoms with Crippen LogP contribution in [-0.2, 0) is 10.3 Å². The molecule has 2 rings (SSSR count). The Morgan fingerprint density at radius 1 is 1.37 bits per heavy atom. The van der Waals surface area contributed by atoms with Crippen molar-refractivity contribution in [3.8, 4) is 0 Å². The molecule has 1 fully saturated rings. The van der Waals surface area contributed by atoms with E-state index in [1.807, 2.05) is 49.4 Å². The van der Waals surface area contributed by atoms with Crippen molar-refractivity contribution in [2.75, 3.05) is 32.7 Å². The van der Waals surface area contributed by atoms with Gasteiger partial charge in [-0.1, -0.05) is 0 Å². The molecule has 3 N–H and O–H groups in total. The molecule has 0 radical (unpaired) electrons. The van der Waals surface area contributed by atoms with E-state index in [9.17, 15) is 9.90 Å². The standard InChI is InChI=1S/C22H38N4O3S/c1-6-23-19(25-16-22(5,28)18-10-13-30-15-18)24-11-9-17-8-7-12-26(14-17)20(27)29-21(2,3)4/h10,13,15,17,28H,6-9,11-12,14,16H2,1-5H3,(H2,23,24,25). The maximum Gasteiger partial charge on any atom is 0.410 e. The maximum absolute atomic E-state index is 12.3. The Labute approximate surface area is 184 Å². The van der Waals surface area contributed by atoms with Crippen LogP contribution in [0.4, 0.5) is 4.79 Å². The van der Waals surface area contributed by atoms with Gasteiger partial charge in [-0.2, -0.15) is 11.3 Å². The number of piperidine rings is 1. The molecule has 8 heteroatoms. The number of likely N-dealkylation sites (tertiary alicyclic amines) is 1. The number of hydrogen-bond donors (Lipinski definition) is 3. The van der Waals surface area contributed by atoms with Crippen LogP contribution in [0.5, 0.6) is 0 Å². The number of carbonyl (C=O) groups excluding carboxylic acids is 1. The predicted octanol–water partition coefficient (Wildman–Crippen LogP) is 3.55. The summed E-state index contributed by atoms with van der Waals surface area (Å²) in [7, 11) is 0. The molecule has 2 unspecified atom stereocenters. The van der Waals surface area contributed by atoms with E-state index in [0.29, 0.717) is 11.9 Å². The monoisotopic (exact) mass is 438 g/mol. The first-order chi connectivity index (χ1) is 14.1. The highest BCUT2D eigenvalue weighted by Crippen LogP contribution is 2.23. The Morgan fingerprint density at radius 2 is 2.13 bits per heavy atom. The normalized spacial score (nSPS) is 19.9. The molecule has 1 aromatic heterocycles. The van der Waals surface area contributed by atoms with Crippen molar-refractivity contribution in [3.63, 3.8) is 0 Å². The summed E-state index contributed by atoms with van der Waals surface area (Å²) in [6.45, 7) is 12.8. The van der Waals surface area contributed by atoms with Crippen LogP contribution < -0.4 is 10.6 Å². The third-order valence-corrected chi connectivity index (χ3v) is 5.73. The SMILES string of the molecule is CCNC(=NCC(C)(O)c1ccsc1)NCCC1CCCN(C(=O)OC(C)(C)C)C1. The van der Waals surface area contributed by atoms with Gasteiger partial charge in [0.05, 0.1) is 6.54 Å². The fourth-order valence-electron chi connectivity index (χ4n) is 3.42. The summed E-state index contributed by atoms with van der Waals surface area (Å²) in [5.74, 6) is 1.14. The van der Waals surface area contributed by atoms with Gasteiger partial charge >= 0.3 is 6.09 Å². The lowest BCUT2D eigenvalue weighted by atomic mass is 9.95. The van der Waals surface area contributed by atoms with Crippen LogP contribution in [0.15, 0.2) is 21.8 Å². The van der Waals surface area contributed by atoms with E-state index in [-0.39, 0.29) is 12.6 Å². The van der Waals surface area contributed by atoms with Gasteiger partial charge in [0.2, 0.25) is 0 Å². The zero-order valence-electron chi connectivity index (χ0n) is 19.0. The Kier molecular flexibility index (Phi) is 8.97. The molecular formula is C22H38N4O3S. The minimum absolute atomic E-state index is 0.217. The predicted molar refractivity (Wildman–Crippen MR) is 123 cm³/mol. The number of nitrogens with one attached hydrogen (secondary N) is 2. The number of rotatable bonds is 7. The van der Waals surface area contributed by atoms with E-state index >= 15 is 0 Å². The van der Waals surface area contributed by atoms with Crippen LogP contribution in [0.25, 0.3) is 0 Å². The fourth-order valence-corrected chi connectivity index (χ4v) is 4.21. The second-order valence-corrected chi connectivity index (χ2v) is 9.91. The van der Waals surface area contributed by atoms with Crippen LogP contribution >= 0.6 is 11.3 Å². The quantitative estimate of drug-likeness (QED) is 0.448. The van der Waals surface area contributed by atoms with Gasteiger partial charge in [-0.25, -0.2) is 9.79 Å². The lowest BCUT2D eigenvalue weighted by molar-refractivity contribution is 0.0162. The van der Waals surface area contributed by atoms with Gasteiger partial charge in [0, 0.05) is 26.2 Å². The molecule has 30 heavy (non-hydrogen) atoms. The molecule has 1 aromatic rings. The minimum Gasteiger partial charge on any atom is -0.444 e. The lowest BCUT2D eigenvalue weighted by Crippen LogP contribution is -2.44. The molecule has 1 aliphatic rings. The molecule has 0 spiro atoms. The number of aliphatic hydroxyl groups is 1. The van der Waals surface area contributed by atoms with Crippen LogP contribution in [0, 0.1) is 5.92 Å². The van der Waals surface area contributed by atoms with E-state index in [0.717, 1.165) is 51.0 Å². The summed E-state index contributed by atoms with van der Waals surface area (Å²) < 4.78 is 5.51. The first-order valence-electron chi connectivity index (χ1n) is 10.9. The van der Waals surface area contributed by atoms with Crippen molar-refractivity contribution in [1.82, 2.24) is 15.5 Å². The number of carbonyl (C=O) groups is 1. The topological polar surface area (TPSA) is 86.2 Å². The highest BCUT2D eigenvalue weighted by atomic mass is 32.1. The highest BCUT2D eigenvalue weighted by Gasteiger charge is 2.27. The van der Waals surface area contributed by atoms with Gasteiger partial charge in [-0.15, -0.1) is 0 Å². The van der Waals surface area contributed by atoms with E-state index in [2.05, 4.69) is 15.6 Å². The molecular weight excluding hydrogens is 400 g/mol. The van der Waals surface area contributed by atoms with Crippen molar-refractivity contribution in [1.29, 1.82) is 0 Å². The minimum atomic E-state index is -0.986. The molecule has 0 bridgehead atoms. The summed E-state index contributed by atoms with van der Waals surface area (Å²) in [4.78, 5) is 18.7. The third kappa shape index (κ3) is 8.14. The second-order valence-electron chi connectivity index (χ2n) is 9.13. The van der Waals surface area contributed by atoms with E-state index in [4.69, 9.17) is 4.74 Å². The third-order valence-electron chi connectivity index (χ3n) is 5.05. The Hall–Kier alpha value is -1.80. The molecule has 2 atom stereocenters. The zero-order valence-corrected chi connectivity index (χ0v) is 19.8. The lowest BCUT2D eigenvalue weighted by Gasteiger charge is -2.34. The van der Waals surface area contributed by atoms with E-state index in [1.165, 1.54) is 0 Å². The molecule has 7 nitrogen and oxygen atoms in total. The van der Waals surface area contributed by atoms with Gasteiger partial charge in [0.1, 0.15) is 11.2 Å². The molecule has 0 aromatic carbocycles. The first kappa shape index (κ1) is 24.5. The molecule has 170 valence electrons. The molecule has 1 aliphatic heterocycles. The van der Waals surface area contributed by atoms with Gasteiger partial charge < -0.3 is 25.4 Å². The van der Waals surface area contributed by atoms with Crippen LogP contribution in [0.1, 0.15) is 59.4 Å². The summed E-state index contributed by atoms with van der Waals surface area (Å²) >= 11 is 1.57. The largest absolute Gasteiger partial charge is 0.444 e. The zero-order chi connectivity index (χ0) is 22.2. The summed E-state index contributed by atoms with van der Waals surface area (Å²) in [5, 5.41) is 21.2. The van der Waals surface area contributed by atoms with Crippen LogP contribution in [0.2, 0.25) is 0 Å². The van der Waals surface area contributed by atoms with Crippen LogP contribution in [0.3, 0.4) is 0 Å². The molecule has 1 saturated heterocycles.